The smallest absolute Gasteiger partial charge is 0.336 e. The first-order valence-corrected chi connectivity index (χ1v) is 13.5. The van der Waals surface area contributed by atoms with Crippen LogP contribution in [0.3, 0.4) is 0 Å². The highest BCUT2D eigenvalue weighted by molar-refractivity contribution is 6.03. The van der Waals surface area contributed by atoms with Crippen LogP contribution in [0.5, 0.6) is 11.5 Å². The molecule has 0 aliphatic carbocycles. The molecule has 0 aromatic heterocycles. The van der Waals surface area contributed by atoms with Gasteiger partial charge in [0.2, 0.25) is 12.6 Å². The van der Waals surface area contributed by atoms with Gasteiger partial charge in [-0.15, -0.1) is 0 Å². The lowest BCUT2D eigenvalue weighted by Gasteiger charge is -2.30. The molecule has 8 nitrogen and oxygen atoms in total. The summed E-state index contributed by atoms with van der Waals surface area (Å²) in [5.41, 5.74) is 2.87. The number of carbonyl (C=O) groups is 1. The molecule has 3 aliphatic heterocycles. The molecule has 0 amide bonds. The normalized spacial score (nSPS) is 21.0. The van der Waals surface area contributed by atoms with Crippen LogP contribution in [-0.2, 0) is 36.6 Å². The summed E-state index contributed by atoms with van der Waals surface area (Å²) in [6.07, 6.45) is 1.49. The minimum Gasteiger partial charge on any atom is -0.491 e. The molecule has 3 aliphatic rings. The molecule has 3 aromatic carbocycles. The fourth-order valence-electron chi connectivity index (χ4n) is 5.02. The van der Waals surface area contributed by atoms with Gasteiger partial charge >= 0.3 is 5.97 Å². The molecule has 0 radical (unpaired) electrons. The molecule has 3 aromatic rings. The molecule has 0 bridgehead atoms. The van der Waals surface area contributed by atoms with Crippen molar-refractivity contribution in [3.8, 4) is 11.5 Å². The quantitative estimate of drug-likeness (QED) is 0.345. The monoisotopic (exact) mass is 554 g/mol. The number of carboxylic acids is 1. The number of benzene rings is 3. The van der Waals surface area contributed by atoms with Gasteiger partial charge in [0.1, 0.15) is 24.0 Å². The minimum absolute atomic E-state index is 0.0513. The van der Waals surface area contributed by atoms with E-state index in [1.54, 1.807) is 18.2 Å². The van der Waals surface area contributed by atoms with E-state index in [9.17, 15) is 9.90 Å². The van der Waals surface area contributed by atoms with Gasteiger partial charge in [-0.3, -0.25) is 0 Å². The highest BCUT2D eigenvalue weighted by Gasteiger charge is 2.42. The molecule has 210 valence electrons. The van der Waals surface area contributed by atoms with Crippen LogP contribution in [0.4, 0.5) is 0 Å². The molecule has 0 saturated carbocycles. The second-order valence-electron chi connectivity index (χ2n) is 10.2. The predicted octanol–water partition coefficient (Wildman–Crippen LogP) is 5.99. The number of ether oxygens (including phenoxy) is 6. The van der Waals surface area contributed by atoms with Gasteiger partial charge in [-0.05, 0) is 43.2 Å². The molecule has 0 fully saturated rings. The number of carboxylic acid groups (broad SMARTS) is 1. The van der Waals surface area contributed by atoms with Crippen molar-refractivity contribution in [2.45, 2.75) is 51.5 Å². The molecule has 6 rings (SSSR count). The average Bonchev–Trinajstić information content (AvgIpc) is 3.62. The van der Waals surface area contributed by atoms with Crippen LogP contribution in [0.15, 0.2) is 108 Å². The van der Waals surface area contributed by atoms with Crippen molar-refractivity contribution in [3.05, 3.63) is 125 Å². The summed E-state index contributed by atoms with van der Waals surface area (Å²) >= 11 is 0. The van der Waals surface area contributed by atoms with Crippen LogP contribution >= 0.6 is 0 Å². The number of allylic oxidation sites excluding steroid dienone is 1. The Morgan fingerprint density at radius 3 is 2.10 bits per heavy atom. The Hall–Kier alpha value is -4.85. The Labute approximate surface area is 238 Å². The van der Waals surface area contributed by atoms with E-state index in [0.717, 1.165) is 11.1 Å². The average molecular weight is 555 g/mol. The van der Waals surface area contributed by atoms with Crippen molar-refractivity contribution >= 4 is 11.5 Å². The van der Waals surface area contributed by atoms with Gasteiger partial charge in [0.05, 0.1) is 11.7 Å². The Bertz CT molecular complexity index is 1510. The summed E-state index contributed by atoms with van der Waals surface area (Å²) in [5, 5.41) is 10.5. The Morgan fingerprint density at radius 2 is 1.46 bits per heavy atom. The zero-order valence-corrected chi connectivity index (χ0v) is 22.7. The summed E-state index contributed by atoms with van der Waals surface area (Å²) in [7, 11) is 0. The molecular weight excluding hydrogens is 524 g/mol. The molecule has 0 spiro atoms. The lowest BCUT2D eigenvalue weighted by molar-refractivity contribution is -0.133. The van der Waals surface area contributed by atoms with E-state index in [0.29, 0.717) is 41.2 Å². The van der Waals surface area contributed by atoms with Gasteiger partial charge in [-0.2, -0.15) is 0 Å². The van der Waals surface area contributed by atoms with Gasteiger partial charge < -0.3 is 33.5 Å². The van der Waals surface area contributed by atoms with Crippen LogP contribution in [0.2, 0.25) is 0 Å². The SMILES string of the molecule is CC(C)Oc1ccc2c(c1)C(C1=COC(Cc3ccccc3)O1)=C(C(=O)O)C(C1=COC(Cc3ccccc3)O1)O2. The first kappa shape index (κ1) is 26.4. The lowest BCUT2D eigenvalue weighted by Crippen LogP contribution is -2.32. The van der Waals surface area contributed by atoms with Crippen molar-refractivity contribution in [1.29, 1.82) is 0 Å². The van der Waals surface area contributed by atoms with Crippen LogP contribution in [0.1, 0.15) is 30.5 Å². The van der Waals surface area contributed by atoms with Crippen LogP contribution in [-0.4, -0.2) is 35.9 Å². The molecule has 3 heterocycles. The zero-order chi connectivity index (χ0) is 28.3. The Morgan fingerprint density at radius 1 is 0.829 bits per heavy atom. The molecule has 3 atom stereocenters. The molecule has 0 saturated heterocycles. The van der Waals surface area contributed by atoms with Crippen molar-refractivity contribution in [2.24, 2.45) is 0 Å². The fraction of sp³-hybridized carbons (Fsp3) is 0.242. The van der Waals surface area contributed by atoms with E-state index in [4.69, 9.17) is 28.4 Å². The van der Waals surface area contributed by atoms with E-state index in [1.165, 1.54) is 12.5 Å². The number of hydrogen-bond donors (Lipinski definition) is 1. The molecule has 1 N–H and O–H groups in total. The van der Waals surface area contributed by atoms with Gasteiger partial charge in [0.15, 0.2) is 17.6 Å². The van der Waals surface area contributed by atoms with E-state index in [1.807, 2.05) is 74.5 Å². The third-order valence-corrected chi connectivity index (χ3v) is 6.78. The topological polar surface area (TPSA) is 92.7 Å². The number of aliphatic carboxylic acids is 1. The summed E-state index contributed by atoms with van der Waals surface area (Å²) in [4.78, 5) is 12.9. The lowest BCUT2D eigenvalue weighted by atomic mass is 9.90. The summed E-state index contributed by atoms with van der Waals surface area (Å²) in [6.45, 7) is 3.84. The number of hydrogen-bond acceptors (Lipinski definition) is 7. The summed E-state index contributed by atoms with van der Waals surface area (Å²) < 4.78 is 36.1. The summed E-state index contributed by atoms with van der Waals surface area (Å²) in [6, 6.07) is 24.9. The second-order valence-corrected chi connectivity index (χ2v) is 10.2. The fourth-order valence-corrected chi connectivity index (χ4v) is 5.02. The van der Waals surface area contributed by atoms with Gasteiger partial charge in [-0.1, -0.05) is 60.7 Å². The standard InChI is InChI=1S/C33H30O8/c1-20(2)38-23-13-14-25-24(17-23)30(26-18-36-28(39-26)15-21-9-5-3-6-10-21)31(33(34)35)32(41-25)27-19-37-29(40-27)16-22-11-7-4-8-12-22/h3-14,17-20,28-29,32H,15-16H2,1-2H3,(H,34,35). The Kier molecular flexibility index (Phi) is 7.29. The van der Waals surface area contributed by atoms with Crippen molar-refractivity contribution < 1.29 is 38.3 Å². The van der Waals surface area contributed by atoms with E-state index in [-0.39, 0.29) is 17.4 Å². The maximum absolute atomic E-state index is 12.9. The maximum Gasteiger partial charge on any atom is 0.336 e. The molecular formula is C33H30O8. The largest absolute Gasteiger partial charge is 0.491 e. The Balaban J connectivity index is 1.34. The van der Waals surface area contributed by atoms with Crippen molar-refractivity contribution in [3.63, 3.8) is 0 Å². The maximum atomic E-state index is 12.9. The summed E-state index contributed by atoms with van der Waals surface area (Å²) in [5.74, 6) is 0.399. The molecule has 3 unspecified atom stereocenters. The van der Waals surface area contributed by atoms with E-state index in [2.05, 4.69) is 0 Å². The minimum atomic E-state index is -1.18. The third-order valence-electron chi connectivity index (χ3n) is 6.78. The highest BCUT2D eigenvalue weighted by atomic mass is 16.7. The molecule has 8 heteroatoms. The van der Waals surface area contributed by atoms with Crippen LogP contribution in [0, 0.1) is 0 Å². The predicted molar refractivity (Wildman–Crippen MR) is 150 cm³/mol. The van der Waals surface area contributed by atoms with E-state index < -0.39 is 24.7 Å². The van der Waals surface area contributed by atoms with E-state index >= 15 is 0 Å². The third kappa shape index (κ3) is 5.72. The first-order valence-electron chi connectivity index (χ1n) is 13.5. The van der Waals surface area contributed by atoms with Gasteiger partial charge in [0, 0.05) is 24.0 Å². The van der Waals surface area contributed by atoms with Crippen LogP contribution in [0.25, 0.3) is 5.57 Å². The number of fused-ring (bicyclic) bond motifs is 1. The zero-order valence-electron chi connectivity index (χ0n) is 22.7. The van der Waals surface area contributed by atoms with Gasteiger partial charge in [0.25, 0.3) is 0 Å². The highest BCUT2D eigenvalue weighted by Crippen LogP contribution is 2.46. The van der Waals surface area contributed by atoms with Crippen molar-refractivity contribution in [2.75, 3.05) is 0 Å². The van der Waals surface area contributed by atoms with Crippen molar-refractivity contribution in [1.82, 2.24) is 0 Å². The first-order chi connectivity index (χ1) is 19.9. The van der Waals surface area contributed by atoms with Gasteiger partial charge in [-0.25, -0.2) is 4.79 Å². The van der Waals surface area contributed by atoms with Crippen LogP contribution < -0.4 is 9.47 Å². The molecule has 41 heavy (non-hydrogen) atoms. The number of rotatable bonds is 9. The second kappa shape index (κ2) is 11.3.